The van der Waals surface area contributed by atoms with Crippen molar-refractivity contribution in [3.8, 4) is 0 Å². The van der Waals surface area contributed by atoms with Gasteiger partial charge in [0.2, 0.25) is 5.91 Å². The predicted molar refractivity (Wildman–Crippen MR) is 94.1 cm³/mol. The maximum Gasteiger partial charge on any atom is 0.267 e. The molecule has 2 atom stereocenters. The molecule has 0 radical (unpaired) electrons. The van der Waals surface area contributed by atoms with Crippen LogP contribution in [0.15, 0.2) is 65.2 Å². The Morgan fingerprint density at radius 1 is 1.36 bits per heavy atom. The van der Waals surface area contributed by atoms with E-state index in [0.29, 0.717) is 17.1 Å². The number of hydroxylamine groups is 1. The Hall–Kier alpha value is -2.70. The van der Waals surface area contributed by atoms with Gasteiger partial charge in [-0.1, -0.05) is 42.0 Å². The number of fused-ring (bicyclic) bond motifs is 1. The van der Waals surface area contributed by atoms with Gasteiger partial charge in [0.15, 0.2) is 0 Å². The number of amides is 2. The Morgan fingerprint density at radius 2 is 2.12 bits per heavy atom. The van der Waals surface area contributed by atoms with Gasteiger partial charge in [0.05, 0.1) is 24.8 Å². The van der Waals surface area contributed by atoms with Crippen molar-refractivity contribution in [1.82, 2.24) is 10.4 Å². The Balaban J connectivity index is 1.75. The summed E-state index contributed by atoms with van der Waals surface area (Å²) in [7, 11) is 0. The standard InChI is InChI=1S/C18H16ClN3O3/c19-14-5-1-13(2-6-14)10-22-11-20-16-7-3-12(4-8-17(23)21-25)9-15(16)18(22)24/h1-9,11,15-16,25H,10H2,(H,21,23)/b8-4+. The fraction of sp³-hybridized carbons (Fsp3) is 0.167. The van der Waals surface area contributed by atoms with Crippen LogP contribution >= 0.6 is 11.6 Å². The monoisotopic (exact) mass is 357 g/mol. The van der Waals surface area contributed by atoms with Crippen molar-refractivity contribution in [3.05, 3.63) is 70.8 Å². The van der Waals surface area contributed by atoms with Gasteiger partial charge >= 0.3 is 0 Å². The molecule has 2 amide bonds. The Kier molecular flexibility index (Phi) is 5.11. The average Bonchev–Trinajstić information content (AvgIpc) is 2.64. The summed E-state index contributed by atoms with van der Waals surface area (Å²) >= 11 is 5.88. The number of benzene rings is 1. The highest BCUT2D eigenvalue weighted by molar-refractivity contribution is 6.30. The maximum atomic E-state index is 12.8. The lowest BCUT2D eigenvalue weighted by Crippen LogP contribution is -2.43. The van der Waals surface area contributed by atoms with Crippen molar-refractivity contribution in [2.24, 2.45) is 10.9 Å². The molecule has 0 spiro atoms. The van der Waals surface area contributed by atoms with Crippen molar-refractivity contribution in [3.63, 3.8) is 0 Å². The number of aliphatic imine (C=N–C) groups is 1. The van der Waals surface area contributed by atoms with Crippen LogP contribution in [0.3, 0.4) is 0 Å². The van der Waals surface area contributed by atoms with Gasteiger partial charge in [-0.25, -0.2) is 5.48 Å². The Bertz CT molecular complexity index is 796. The average molecular weight is 358 g/mol. The van der Waals surface area contributed by atoms with Crippen LogP contribution in [0.4, 0.5) is 0 Å². The smallest absolute Gasteiger partial charge is 0.267 e. The summed E-state index contributed by atoms with van der Waals surface area (Å²) in [6.45, 7) is 0.415. The molecule has 25 heavy (non-hydrogen) atoms. The number of carbonyl (C=O) groups is 2. The number of rotatable bonds is 4. The van der Waals surface area contributed by atoms with Crippen LogP contribution < -0.4 is 5.48 Å². The second-order valence-corrected chi connectivity index (χ2v) is 6.15. The maximum absolute atomic E-state index is 12.8. The lowest BCUT2D eigenvalue weighted by molar-refractivity contribution is -0.131. The third kappa shape index (κ3) is 4.04. The molecule has 1 aliphatic heterocycles. The molecule has 2 N–H and O–H groups in total. The molecule has 0 bridgehead atoms. The van der Waals surface area contributed by atoms with Gasteiger partial charge in [0.1, 0.15) is 0 Å². The van der Waals surface area contributed by atoms with Crippen molar-refractivity contribution >= 4 is 29.8 Å². The number of nitrogens with one attached hydrogen (secondary N) is 1. The number of halogens is 1. The molecule has 0 fully saturated rings. The number of hydrogen-bond acceptors (Lipinski definition) is 4. The number of allylic oxidation sites excluding steroid dienone is 3. The van der Waals surface area contributed by atoms with Gasteiger partial charge in [-0.3, -0.25) is 24.7 Å². The molecule has 1 aromatic rings. The van der Waals surface area contributed by atoms with Crippen LogP contribution in [0.5, 0.6) is 0 Å². The van der Waals surface area contributed by atoms with Crippen molar-refractivity contribution < 1.29 is 14.8 Å². The zero-order valence-electron chi connectivity index (χ0n) is 13.2. The predicted octanol–water partition coefficient (Wildman–Crippen LogP) is 2.25. The second kappa shape index (κ2) is 7.46. The Labute approximate surface area is 149 Å². The number of carbonyl (C=O) groups excluding carboxylic acids is 2. The van der Waals surface area contributed by atoms with E-state index in [-0.39, 0.29) is 11.9 Å². The minimum Gasteiger partial charge on any atom is -0.298 e. The van der Waals surface area contributed by atoms with Crippen molar-refractivity contribution in [2.45, 2.75) is 12.6 Å². The molecule has 0 saturated heterocycles. The first-order valence-corrected chi connectivity index (χ1v) is 8.05. The zero-order chi connectivity index (χ0) is 17.8. The van der Waals surface area contributed by atoms with Crippen molar-refractivity contribution in [2.75, 3.05) is 0 Å². The second-order valence-electron chi connectivity index (χ2n) is 5.71. The lowest BCUT2D eigenvalue weighted by Gasteiger charge is -2.31. The van der Waals surface area contributed by atoms with Crippen LogP contribution in [0.2, 0.25) is 5.02 Å². The van der Waals surface area contributed by atoms with Crippen LogP contribution in [0.1, 0.15) is 5.56 Å². The number of nitrogens with zero attached hydrogens (tertiary/aromatic N) is 2. The summed E-state index contributed by atoms with van der Waals surface area (Å²) in [6, 6.07) is 7.06. The van der Waals surface area contributed by atoms with Gasteiger partial charge in [0.25, 0.3) is 5.91 Å². The number of hydrogen-bond donors (Lipinski definition) is 2. The largest absolute Gasteiger partial charge is 0.298 e. The third-order valence-corrected chi connectivity index (χ3v) is 4.23. The van der Waals surface area contributed by atoms with E-state index in [1.54, 1.807) is 35.5 Å². The summed E-state index contributed by atoms with van der Waals surface area (Å²) in [5.74, 6) is -1.11. The topological polar surface area (TPSA) is 82.0 Å². The molecule has 2 unspecified atom stereocenters. The van der Waals surface area contributed by atoms with Crippen LogP contribution in [-0.2, 0) is 16.1 Å². The lowest BCUT2D eigenvalue weighted by atomic mass is 9.89. The summed E-state index contributed by atoms with van der Waals surface area (Å²) in [5.41, 5.74) is 3.19. The summed E-state index contributed by atoms with van der Waals surface area (Å²) in [4.78, 5) is 29.8. The molecule has 1 aliphatic carbocycles. The molecule has 128 valence electrons. The third-order valence-electron chi connectivity index (χ3n) is 3.98. The molecule has 0 aromatic heterocycles. The molecule has 6 nitrogen and oxygen atoms in total. The summed E-state index contributed by atoms with van der Waals surface area (Å²) in [6.07, 6.45) is 9.69. The normalized spacial score (nSPS) is 22.1. The minimum atomic E-state index is -0.631. The van der Waals surface area contributed by atoms with E-state index in [9.17, 15) is 9.59 Å². The van der Waals surface area contributed by atoms with E-state index in [1.165, 1.54) is 17.6 Å². The summed E-state index contributed by atoms with van der Waals surface area (Å²) in [5, 5.41) is 9.15. The van der Waals surface area contributed by atoms with Crippen LogP contribution in [0, 0.1) is 5.92 Å². The minimum absolute atomic E-state index is 0.0585. The molecular weight excluding hydrogens is 342 g/mol. The molecule has 1 aromatic carbocycles. The summed E-state index contributed by atoms with van der Waals surface area (Å²) < 4.78 is 0. The molecule has 2 aliphatic rings. The molecule has 3 rings (SSSR count). The molecule has 1 heterocycles. The van der Waals surface area contributed by atoms with Gasteiger partial charge in [-0.05, 0) is 29.3 Å². The van der Waals surface area contributed by atoms with Crippen LogP contribution in [-0.4, -0.2) is 34.3 Å². The highest BCUT2D eigenvalue weighted by Crippen LogP contribution is 2.26. The van der Waals surface area contributed by atoms with E-state index in [2.05, 4.69) is 4.99 Å². The van der Waals surface area contributed by atoms with Gasteiger partial charge < -0.3 is 0 Å². The Morgan fingerprint density at radius 3 is 2.84 bits per heavy atom. The first kappa shape index (κ1) is 17.1. The molecule has 7 heteroatoms. The van der Waals surface area contributed by atoms with Crippen LogP contribution in [0.25, 0.3) is 0 Å². The molecule has 0 saturated carbocycles. The van der Waals surface area contributed by atoms with E-state index >= 15 is 0 Å². The zero-order valence-corrected chi connectivity index (χ0v) is 13.9. The van der Waals surface area contributed by atoms with Crippen molar-refractivity contribution in [1.29, 1.82) is 0 Å². The highest BCUT2D eigenvalue weighted by Gasteiger charge is 2.33. The first-order valence-electron chi connectivity index (χ1n) is 7.67. The molecular formula is C18H16ClN3O3. The highest BCUT2D eigenvalue weighted by atomic mass is 35.5. The fourth-order valence-electron chi connectivity index (χ4n) is 2.68. The van der Waals surface area contributed by atoms with E-state index < -0.39 is 11.8 Å². The first-order chi connectivity index (χ1) is 12.1. The van der Waals surface area contributed by atoms with E-state index in [1.807, 2.05) is 18.2 Å². The van der Waals surface area contributed by atoms with Gasteiger partial charge in [-0.2, -0.15) is 0 Å². The van der Waals surface area contributed by atoms with E-state index in [0.717, 1.165) is 5.56 Å². The van der Waals surface area contributed by atoms with Gasteiger partial charge in [0, 0.05) is 11.1 Å². The SMILES string of the molecule is O=C(/C=C/C1=CC2C(=O)N(Cc3ccc(Cl)cc3)C=NC2C=C1)NO. The van der Waals surface area contributed by atoms with E-state index in [4.69, 9.17) is 16.8 Å². The quantitative estimate of drug-likeness (QED) is 0.492. The fourth-order valence-corrected chi connectivity index (χ4v) is 2.81. The van der Waals surface area contributed by atoms with Gasteiger partial charge in [-0.15, -0.1) is 0 Å².